The van der Waals surface area contributed by atoms with Crippen molar-refractivity contribution < 1.29 is 18.9 Å². The van der Waals surface area contributed by atoms with Crippen LogP contribution in [0.25, 0.3) is 0 Å². The van der Waals surface area contributed by atoms with Crippen LogP contribution in [-0.2, 0) is 26.8 Å². The van der Waals surface area contributed by atoms with Crippen molar-refractivity contribution in [3.8, 4) is 0 Å². The van der Waals surface area contributed by atoms with E-state index in [0.717, 1.165) is 32.1 Å². The molecule has 1 N–H and O–H groups in total. The summed E-state index contributed by atoms with van der Waals surface area (Å²) in [7, 11) is -1.51. The molecule has 0 aliphatic carbocycles. The van der Waals surface area contributed by atoms with E-state index in [-0.39, 0.29) is 24.5 Å². The van der Waals surface area contributed by atoms with E-state index in [4.69, 9.17) is 23.2 Å². The molecule has 0 aliphatic heterocycles. The fourth-order valence-electron chi connectivity index (χ4n) is 3.73. The van der Waals surface area contributed by atoms with Gasteiger partial charge < -0.3 is 10.0 Å². The molecule has 0 aromatic heterocycles. The highest BCUT2D eigenvalue weighted by atomic mass is 35.5. The number of carboxylic acid groups (broad SMARTS) is 1. The van der Waals surface area contributed by atoms with E-state index in [0.29, 0.717) is 28.0 Å². The van der Waals surface area contributed by atoms with Crippen LogP contribution in [0.1, 0.15) is 51.0 Å². The zero-order valence-electron chi connectivity index (χ0n) is 19.6. The largest absolute Gasteiger partial charge is 0.481 e. The number of rotatable bonds is 15. The highest BCUT2D eigenvalue weighted by molar-refractivity contribution is 7.85. The Morgan fingerprint density at radius 3 is 2.35 bits per heavy atom. The number of nitrogens with zero attached hydrogens (tertiary/aromatic N) is 1. The number of hydrogen-bond acceptors (Lipinski definition) is 3. The smallest absolute Gasteiger partial charge is 0.303 e. The molecule has 5 nitrogen and oxygen atoms in total. The first-order valence-electron chi connectivity index (χ1n) is 11.7. The third kappa shape index (κ3) is 9.77. The van der Waals surface area contributed by atoms with Gasteiger partial charge in [0.25, 0.3) is 0 Å². The van der Waals surface area contributed by atoms with Gasteiger partial charge in [-0.3, -0.25) is 13.8 Å². The average Bonchev–Trinajstić information content (AvgIpc) is 2.82. The summed E-state index contributed by atoms with van der Waals surface area (Å²) in [5.41, 5.74) is 1.21. The normalized spacial score (nSPS) is 12.8. The number of carbonyl (C=O) groups is 2. The molecule has 0 fully saturated rings. The topological polar surface area (TPSA) is 74.7 Å². The lowest BCUT2D eigenvalue weighted by atomic mass is 10.0. The Balaban J connectivity index is 2.13. The lowest BCUT2D eigenvalue weighted by Crippen LogP contribution is -2.40. The van der Waals surface area contributed by atoms with Crippen LogP contribution in [0.5, 0.6) is 0 Å². The lowest BCUT2D eigenvalue weighted by molar-refractivity contribution is -0.138. The number of carboxylic acids is 1. The zero-order chi connectivity index (χ0) is 24.9. The second-order valence-corrected chi connectivity index (χ2v) is 10.6. The van der Waals surface area contributed by atoms with Crippen molar-refractivity contribution in [3.05, 3.63) is 64.1 Å². The maximum absolute atomic E-state index is 13.5. The fourth-order valence-corrected chi connectivity index (χ4v) is 5.43. The highest BCUT2D eigenvalue weighted by Gasteiger charge is 2.27. The van der Waals surface area contributed by atoms with E-state index in [1.165, 1.54) is 11.6 Å². The van der Waals surface area contributed by atoms with Gasteiger partial charge in [0.05, 0.1) is 26.8 Å². The SMILES string of the molecule is CCCCCN(CCCc1ccccc1)C(=O)C(CCC(=O)O)CS(=O)c1ccc(Cl)c(Cl)c1. The maximum atomic E-state index is 13.5. The van der Waals surface area contributed by atoms with E-state index in [1.54, 1.807) is 12.1 Å². The van der Waals surface area contributed by atoms with Crippen LogP contribution >= 0.6 is 23.2 Å². The van der Waals surface area contributed by atoms with Crippen molar-refractivity contribution >= 4 is 45.9 Å². The number of aryl methyl sites for hydroxylation is 1. The first-order valence-corrected chi connectivity index (χ1v) is 13.8. The highest BCUT2D eigenvalue weighted by Crippen LogP contribution is 2.25. The molecule has 1 amide bonds. The van der Waals surface area contributed by atoms with Crippen LogP contribution in [0, 0.1) is 5.92 Å². The van der Waals surface area contributed by atoms with Crippen molar-refractivity contribution in [1.82, 2.24) is 4.90 Å². The van der Waals surface area contributed by atoms with Crippen LogP contribution < -0.4 is 0 Å². The Morgan fingerprint density at radius 1 is 1.00 bits per heavy atom. The van der Waals surface area contributed by atoms with Crippen LogP contribution in [0.3, 0.4) is 0 Å². The Labute approximate surface area is 214 Å². The first-order chi connectivity index (χ1) is 16.3. The van der Waals surface area contributed by atoms with Gasteiger partial charge in [0.2, 0.25) is 5.91 Å². The minimum Gasteiger partial charge on any atom is -0.481 e. The van der Waals surface area contributed by atoms with Crippen molar-refractivity contribution in [1.29, 1.82) is 0 Å². The summed E-state index contributed by atoms with van der Waals surface area (Å²) in [4.78, 5) is 27.1. The summed E-state index contributed by atoms with van der Waals surface area (Å²) in [5.74, 6) is -1.70. The number of carbonyl (C=O) groups excluding carboxylic acids is 1. The van der Waals surface area contributed by atoms with Gasteiger partial charge in [0.15, 0.2) is 0 Å². The van der Waals surface area contributed by atoms with Gasteiger partial charge in [-0.2, -0.15) is 0 Å². The van der Waals surface area contributed by atoms with Crippen molar-refractivity contribution in [3.63, 3.8) is 0 Å². The predicted octanol–water partition coefficient (Wildman–Crippen LogP) is 6.23. The molecule has 0 saturated heterocycles. The van der Waals surface area contributed by atoms with Crippen molar-refractivity contribution in [2.24, 2.45) is 5.92 Å². The molecule has 0 aliphatic rings. The molecule has 34 heavy (non-hydrogen) atoms. The molecule has 2 atom stereocenters. The van der Waals surface area contributed by atoms with Gasteiger partial charge in [0.1, 0.15) is 0 Å². The summed E-state index contributed by atoms with van der Waals surface area (Å²) < 4.78 is 13.0. The molecule has 0 saturated carbocycles. The number of benzene rings is 2. The fraction of sp³-hybridized carbons (Fsp3) is 0.462. The molecule has 0 spiro atoms. The van der Waals surface area contributed by atoms with Gasteiger partial charge in [-0.05, 0) is 49.4 Å². The van der Waals surface area contributed by atoms with E-state index < -0.39 is 22.7 Å². The number of aliphatic carboxylic acids is 1. The van der Waals surface area contributed by atoms with E-state index in [2.05, 4.69) is 19.1 Å². The van der Waals surface area contributed by atoms with Crippen LogP contribution in [-0.4, -0.2) is 44.9 Å². The minimum atomic E-state index is -1.51. The second-order valence-electron chi connectivity index (χ2n) is 8.34. The van der Waals surface area contributed by atoms with Gasteiger partial charge in [-0.1, -0.05) is 73.3 Å². The maximum Gasteiger partial charge on any atom is 0.303 e. The van der Waals surface area contributed by atoms with E-state index >= 15 is 0 Å². The van der Waals surface area contributed by atoms with Gasteiger partial charge in [0, 0.05) is 30.2 Å². The molecule has 2 aromatic rings. The molecule has 186 valence electrons. The van der Waals surface area contributed by atoms with Crippen LogP contribution in [0.4, 0.5) is 0 Å². The summed E-state index contributed by atoms with van der Waals surface area (Å²) in [5, 5.41) is 9.87. The molecule has 0 heterocycles. The molecular formula is C26H33Cl2NO4S. The monoisotopic (exact) mass is 525 g/mol. The molecule has 0 bridgehead atoms. The minimum absolute atomic E-state index is 0.0486. The van der Waals surface area contributed by atoms with Crippen LogP contribution in [0.15, 0.2) is 53.4 Å². The zero-order valence-corrected chi connectivity index (χ0v) is 21.9. The first kappa shape index (κ1) is 28.3. The molecule has 2 rings (SSSR count). The third-order valence-electron chi connectivity index (χ3n) is 5.64. The van der Waals surface area contributed by atoms with Crippen LogP contribution in [0.2, 0.25) is 10.0 Å². The second kappa shape index (κ2) is 15.2. The summed E-state index contributed by atoms with van der Waals surface area (Å²) in [6.45, 7) is 3.31. The molecular weight excluding hydrogens is 493 g/mol. The number of amides is 1. The summed E-state index contributed by atoms with van der Waals surface area (Å²) in [6, 6.07) is 14.9. The molecule has 8 heteroatoms. The van der Waals surface area contributed by atoms with Gasteiger partial charge >= 0.3 is 5.97 Å². The lowest BCUT2D eigenvalue weighted by Gasteiger charge is -2.27. The Hall–Kier alpha value is -1.89. The average molecular weight is 527 g/mol. The Kier molecular flexibility index (Phi) is 12.7. The Bertz CT molecular complexity index is 955. The quantitative estimate of drug-likeness (QED) is 0.279. The number of halogens is 2. The molecule has 2 aromatic carbocycles. The molecule has 2 unspecified atom stereocenters. The predicted molar refractivity (Wildman–Crippen MR) is 139 cm³/mol. The number of unbranched alkanes of at least 4 members (excludes halogenated alkanes) is 2. The Morgan fingerprint density at radius 2 is 1.71 bits per heavy atom. The van der Waals surface area contributed by atoms with E-state index in [1.807, 2.05) is 23.1 Å². The summed E-state index contributed by atoms with van der Waals surface area (Å²) >= 11 is 12.0. The standard InChI is InChI=1S/C26H33Cl2NO4S/c1-2-3-7-16-29(17-8-11-20-9-5-4-6-10-20)26(32)21(12-15-25(30)31)19-34(33)22-13-14-23(27)24(28)18-22/h4-6,9-10,13-14,18,21H,2-3,7-8,11-12,15-17,19H2,1H3,(H,30,31). The van der Waals surface area contributed by atoms with Gasteiger partial charge in [-0.25, -0.2) is 0 Å². The van der Waals surface area contributed by atoms with Gasteiger partial charge in [-0.15, -0.1) is 0 Å². The number of hydrogen-bond donors (Lipinski definition) is 1. The van der Waals surface area contributed by atoms with Crippen molar-refractivity contribution in [2.75, 3.05) is 18.8 Å². The third-order valence-corrected chi connectivity index (χ3v) is 7.87. The summed E-state index contributed by atoms with van der Waals surface area (Å²) in [6.07, 6.45) is 4.59. The molecule has 0 radical (unpaired) electrons. The van der Waals surface area contributed by atoms with Crippen molar-refractivity contribution in [2.45, 2.75) is 56.8 Å². The van der Waals surface area contributed by atoms with E-state index in [9.17, 15) is 18.9 Å².